The van der Waals surface area contributed by atoms with E-state index in [-0.39, 0.29) is 52.2 Å². The molecule has 4 rings (SSSR count). The van der Waals surface area contributed by atoms with E-state index < -0.39 is 24.1 Å². The van der Waals surface area contributed by atoms with Gasteiger partial charge in [-0.05, 0) is 98.5 Å². The fourth-order valence-electron chi connectivity index (χ4n) is 8.76. The second kappa shape index (κ2) is 9.73. The number of aliphatic carboxylic acids is 1. The van der Waals surface area contributed by atoms with E-state index in [1.807, 2.05) is 19.9 Å². The molecule has 7 nitrogen and oxygen atoms in total. The topological polar surface area (TPSA) is 136 Å². The van der Waals surface area contributed by atoms with Crippen LogP contribution in [0.25, 0.3) is 0 Å². The molecule has 0 aromatic heterocycles. The van der Waals surface area contributed by atoms with E-state index in [2.05, 4.69) is 13.8 Å². The molecule has 0 aromatic rings. The predicted molar refractivity (Wildman–Crippen MR) is 139 cm³/mol. The van der Waals surface area contributed by atoms with Crippen LogP contribution < -0.4 is 11.5 Å². The van der Waals surface area contributed by atoms with Gasteiger partial charge in [0.15, 0.2) is 0 Å². The molecule has 10 atom stereocenters. The first-order valence-corrected chi connectivity index (χ1v) is 13.5. The highest BCUT2D eigenvalue weighted by Gasteiger charge is 2.65. The van der Waals surface area contributed by atoms with Crippen LogP contribution >= 0.6 is 0 Å². The standard InChI is InChI=1S/C29H44N2O5/c1-15(2)7-6-8-17(27(34)35)24-20-13-21(30)25-18(29(20,5)14-23(24)36-16(3)32)9-10-19-26(31)22(33)11-12-28(19,25)4/h6-8,18-23,25-26,33H,9-14,30-31H2,1-5H3,(H,34,35)/b8-6+,24-17-/t18?,19-,20-,21-,22+,23-,25-,26-,28-,29+/m0/s1. The third kappa shape index (κ3) is 4.37. The minimum atomic E-state index is -1.01. The highest BCUT2D eigenvalue weighted by molar-refractivity contribution is 5.91. The first-order valence-electron chi connectivity index (χ1n) is 13.5. The zero-order chi connectivity index (χ0) is 26.6. The molecule has 0 aromatic carbocycles. The summed E-state index contributed by atoms with van der Waals surface area (Å²) >= 11 is 0. The smallest absolute Gasteiger partial charge is 0.335 e. The molecule has 6 N–H and O–H groups in total. The number of fused-ring (bicyclic) bond motifs is 5. The van der Waals surface area contributed by atoms with Crippen molar-refractivity contribution in [2.24, 2.45) is 46.0 Å². The van der Waals surface area contributed by atoms with Gasteiger partial charge in [-0.15, -0.1) is 0 Å². The Kier molecular flexibility index (Phi) is 7.32. The Morgan fingerprint density at radius 3 is 2.33 bits per heavy atom. The Balaban J connectivity index is 1.80. The number of hydrogen-bond acceptors (Lipinski definition) is 6. The van der Waals surface area contributed by atoms with Crippen LogP contribution in [-0.4, -0.2) is 46.4 Å². The van der Waals surface area contributed by atoms with Gasteiger partial charge in [0.05, 0.1) is 11.7 Å². The van der Waals surface area contributed by atoms with Crippen LogP contribution in [0, 0.1) is 34.5 Å². The second-order valence-corrected chi connectivity index (χ2v) is 12.5. The number of carboxylic acid groups (broad SMARTS) is 1. The van der Waals surface area contributed by atoms with Crippen LogP contribution in [0.15, 0.2) is 34.9 Å². The molecule has 7 heteroatoms. The van der Waals surface area contributed by atoms with Gasteiger partial charge in [-0.2, -0.15) is 0 Å². The third-order valence-electron chi connectivity index (χ3n) is 10.2. The lowest BCUT2D eigenvalue weighted by Gasteiger charge is -2.64. The van der Waals surface area contributed by atoms with Crippen LogP contribution in [0.1, 0.15) is 73.1 Å². The van der Waals surface area contributed by atoms with Crippen molar-refractivity contribution in [2.45, 2.75) is 97.4 Å². The van der Waals surface area contributed by atoms with Crippen LogP contribution in [0.4, 0.5) is 0 Å². The second-order valence-electron chi connectivity index (χ2n) is 12.5. The Hall–Kier alpha value is -1.96. The number of allylic oxidation sites excluding steroid dienone is 3. The van der Waals surface area contributed by atoms with Crippen LogP contribution in [-0.2, 0) is 14.3 Å². The molecule has 0 radical (unpaired) electrons. The van der Waals surface area contributed by atoms with Crippen LogP contribution in [0.2, 0.25) is 0 Å². The molecule has 0 bridgehead atoms. The number of carbonyl (C=O) groups is 2. The maximum atomic E-state index is 12.5. The lowest BCUT2D eigenvalue weighted by molar-refractivity contribution is -0.151. The van der Waals surface area contributed by atoms with Crippen molar-refractivity contribution in [2.75, 3.05) is 0 Å². The third-order valence-corrected chi connectivity index (χ3v) is 10.2. The van der Waals surface area contributed by atoms with Gasteiger partial charge in [0.25, 0.3) is 0 Å². The van der Waals surface area contributed by atoms with Crippen molar-refractivity contribution in [3.05, 3.63) is 34.9 Å². The van der Waals surface area contributed by atoms with Gasteiger partial charge in [0.2, 0.25) is 0 Å². The normalized spacial score (nSPS) is 45.3. The van der Waals surface area contributed by atoms with Gasteiger partial charge in [0.1, 0.15) is 6.10 Å². The van der Waals surface area contributed by atoms with Gasteiger partial charge < -0.3 is 26.4 Å². The van der Waals surface area contributed by atoms with Crippen molar-refractivity contribution >= 4 is 11.9 Å². The highest BCUT2D eigenvalue weighted by atomic mass is 16.5. The molecule has 0 aliphatic heterocycles. The first-order chi connectivity index (χ1) is 16.8. The van der Waals surface area contributed by atoms with Crippen molar-refractivity contribution in [3.63, 3.8) is 0 Å². The van der Waals surface area contributed by atoms with E-state index in [1.54, 1.807) is 12.2 Å². The summed E-state index contributed by atoms with van der Waals surface area (Å²) in [5.74, 6) is -0.783. The maximum Gasteiger partial charge on any atom is 0.335 e. The molecule has 4 fully saturated rings. The molecular formula is C29H44N2O5. The summed E-state index contributed by atoms with van der Waals surface area (Å²) in [7, 11) is 0. The number of aliphatic hydroxyl groups is 1. The highest BCUT2D eigenvalue weighted by Crippen LogP contribution is 2.68. The lowest BCUT2D eigenvalue weighted by atomic mass is 9.42. The number of aliphatic hydroxyl groups excluding tert-OH is 1. The van der Waals surface area contributed by atoms with Crippen LogP contribution in [0.3, 0.4) is 0 Å². The zero-order valence-corrected chi connectivity index (χ0v) is 22.4. The van der Waals surface area contributed by atoms with E-state index in [0.717, 1.165) is 24.8 Å². The number of ether oxygens (including phenoxy) is 1. The number of hydrogen-bond donors (Lipinski definition) is 4. The summed E-state index contributed by atoms with van der Waals surface area (Å²) in [6, 6.07) is -0.361. The van der Waals surface area contributed by atoms with Gasteiger partial charge in [0, 0.05) is 19.0 Å². The predicted octanol–water partition coefficient (Wildman–Crippen LogP) is 3.71. The molecule has 0 heterocycles. The molecular weight excluding hydrogens is 456 g/mol. The van der Waals surface area contributed by atoms with Gasteiger partial charge >= 0.3 is 11.9 Å². The summed E-state index contributed by atoms with van der Waals surface area (Å²) in [6.07, 6.45) is 8.92. The van der Waals surface area contributed by atoms with Gasteiger partial charge in [-0.25, -0.2) is 4.79 Å². The minimum Gasteiger partial charge on any atom is -0.478 e. The number of esters is 1. The molecule has 0 amide bonds. The molecule has 0 spiro atoms. The molecule has 36 heavy (non-hydrogen) atoms. The van der Waals surface area contributed by atoms with Gasteiger partial charge in [-0.3, -0.25) is 4.79 Å². The SMILES string of the molecule is CC(=O)O[C@H]1C[C@]2(C)C3CC[C@H]4[C@H](N)[C@H](O)CC[C@]4(C)[C@@H]3[C@@H](N)C[C@H]2/C1=C(\C=C\C=C(C)C)C(=O)O. The Labute approximate surface area is 215 Å². The number of carboxylic acids is 1. The molecule has 4 saturated carbocycles. The average molecular weight is 501 g/mol. The van der Waals surface area contributed by atoms with E-state index in [1.165, 1.54) is 6.92 Å². The number of nitrogens with two attached hydrogens (primary N) is 2. The van der Waals surface area contributed by atoms with Crippen molar-refractivity contribution < 1.29 is 24.5 Å². The minimum absolute atomic E-state index is 0.0721. The summed E-state index contributed by atoms with van der Waals surface area (Å²) in [5, 5.41) is 20.7. The Morgan fingerprint density at radius 1 is 1.06 bits per heavy atom. The fraction of sp³-hybridized carbons (Fsp3) is 0.724. The summed E-state index contributed by atoms with van der Waals surface area (Å²) < 4.78 is 5.81. The number of carbonyl (C=O) groups excluding carboxylic acids is 1. The van der Waals surface area contributed by atoms with Gasteiger partial charge in [-0.1, -0.05) is 31.6 Å². The average Bonchev–Trinajstić information content (AvgIpc) is 3.04. The van der Waals surface area contributed by atoms with Crippen molar-refractivity contribution in [1.29, 1.82) is 0 Å². The zero-order valence-electron chi connectivity index (χ0n) is 22.4. The fourth-order valence-corrected chi connectivity index (χ4v) is 8.76. The Morgan fingerprint density at radius 2 is 1.72 bits per heavy atom. The number of rotatable bonds is 4. The summed E-state index contributed by atoms with van der Waals surface area (Å²) in [6.45, 7) is 9.87. The molecule has 1 unspecified atom stereocenters. The van der Waals surface area contributed by atoms with Crippen molar-refractivity contribution in [1.82, 2.24) is 0 Å². The monoisotopic (exact) mass is 500 g/mol. The summed E-state index contributed by atoms with van der Waals surface area (Å²) in [5.41, 5.74) is 15.2. The lowest BCUT2D eigenvalue weighted by Crippen LogP contribution is -2.65. The molecule has 4 aliphatic rings. The molecule has 4 aliphatic carbocycles. The molecule has 200 valence electrons. The van der Waals surface area contributed by atoms with E-state index in [4.69, 9.17) is 16.2 Å². The maximum absolute atomic E-state index is 12.5. The molecule has 0 saturated heterocycles. The first kappa shape index (κ1) is 27.1. The van der Waals surface area contributed by atoms with E-state index in [0.29, 0.717) is 24.8 Å². The largest absolute Gasteiger partial charge is 0.478 e. The summed E-state index contributed by atoms with van der Waals surface area (Å²) in [4.78, 5) is 24.6. The quantitative estimate of drug-likeness (QED) is 0.262. The van der Waals surface area contributed by atoms with Crippen molar-refractivity contribution in [3.8, 4) is 0 Å². The van der Waals surface area contributed by atoms with E-state index in [9.17, 15) is 19.8 Å². The van der Waals surface area contributed by atoms with E-state index >= 15 is 0 Å². The van der Waals surface area contributed by atoms with Crippen LogP contribution in [0.5, 0.6) is 0 Å². The Bertz CT molecular complexity index is 998.